The third-order valence-corrected chi connectivity index (χ3v) is 5.87. The number of nitrogens with one attached hydrogen (secondary N) is 1. The summed E-state index contributed by atoms with van der Waals surface area (Å²) in [5.41, 5.74) is 0.785. The lowest BCUT2D eigenvalue weighted by molar-refractivity contribution is -0.125. The summed E-state index contributed by atoms with van der Waals surface area (Å²) < 4.78 is 1.92. The lowest BCUT2D eigenvalue weighted by Crippen LogP contribution is -2.41. The van der Waals surface area contributed by atoms with Crippen LogP contribution in [-0.2, 0) is 4.79 Å². The fraction of sp³-hybridized carbons (Fsp3) is 0.632. The number of anilines is 1. The Morgan fingerprint density at radius 3 is 2.70 bits per heavy atom. The Morgan fingerprint density at radius 2 is 1.93 bits per heavy atom. The first kappa shape index (κ1) is 18.5. The van der Waals surface area contributed by atoms with Gasteiger partial charge in [0.25, 0.3) is 0 Å². The topological polar surface area (TPSA) is 65.8 Å². The smallest absolute Gasteiger partial charge is 0.231 e. The van der Waals surface area contributed by atoms with Crippen LogP contribution in [0.4, 0.5) is 5.95 Å². The largest absolute Gasteiger partial charge is 0.356 e. The van der Waals surface area contributed by atoms with Crippen LogP contribution in [0, 0.1) is 5.92 Å². The van der Waals surface area contributed by atoms with E-state index in [9.17, 15) is 4.79 Å². The number of fused-ring (bicyclic) bond motifs is 1. The van der Waals surface area contributed by atoms with Crippen LogP contribution in [-0.4, -0.2) is 64.7 Å². The molecule has 2 fully saturated rings. The quantitative estimate of drug-likeness (QED) is 0.766. The molecular formula is C19H27ClN6O. The predicted octanol–water partition coefficient (Wildman–Crippen LogP) is 2.20. The van der Waals surface area contributed by atoms with Crippen molar-refractivity contribution < 1.29 is 4.79 Å². The van der Waals surface area contributed by atoms with Crippen molar-refractivity contribution in [2.75, 3.05) is 44.2 Å². The van der Waals surface area contributed by atoms with E-state index in [0.717, 1.165) is 57.0 Å². The molecule has 2 aromatic heterocycles. The molecule has 2 aromatic rings. The van der Waals surface area contributed by atoms with E-state index in [2.05, 4.69) is 25.3 Å². The molecule has 0 bridgehead atoms. The van der Waals surface area contributed by atoms with E-state index in [1.54, 1.807) is 0 Å². The third kappa shape index (κ3) is 4.35. The molecule has 4 rings (SSSR count). The van der Waals surface area contributed by atoms with Crippen molar-refractivity contribution in [3.63, 3.8) is 0 Å². The van der Waals surface area contributed by atoms with Crippen molar-refractivity contribution in [3.8, 4) is 0 Å². The maximum Gasteiger partial charge on any atom is 0.231 e. The van der Waals surface area contributed by atoms with E-state index in [1.807, 2.05) is 22.7 Å². The molecule has 0 aromatic carbocycles. The van der Waals surface area contributed by atoms with E-state index in [1.165, 1.54) is 25.9 Å². The number of carbonyl (C=O) groups is 1. The summed E-state index contributed by atoms with van der Waals surface area (Å²) in [6.07, 6.45) is 7.19. The van der Waals surface area contributed by atoms with Gasteiger partial charge in [-0.2, -0.15) is 0 Å². The van der Waals surface area contributed by atoms with Gasteiger partial charge >= 0.3 is 0 Å². The molecule has 0 spiro atoms. The molecule has 8 heteroatoms. The molecular weight excluding hydrogens is 364 g/mol. The molecule has 0 atom stereocenters. The molecule has 0 radical (unpaired) electrons. The zero-order chi connectivity index (χ0) is 18.6. The first-order valence-electron chi connectivity index (χ1n) is 9.96. The Balaban J connectivity index is 1.24. The van der Waals surface area contributed by atoms with Gasteiger partial charge in [-0.1, -0.05) is 11.6 Å². The molecule has 4 heterocycles. The molecule has 1 N–H and O–H groups in total. The second-order valence-corrected chi connectivity index (χ2v) is 7.97. The van der Waals surface area contributed by atoms with Crippen molar-refractivity contribution in [1.29, 1.82) is 0 Å². The van der Waals surface area contributed by atoms with Gasteiger partial charge in [0.05, 0.1) is 5.02 Å². The molecule has 27 heavy (non-hydrogen) atoms. The van der Waals surface area contributed by atoms with Crippen molar-refractivity contribution in [1.82, 2.24) is 24.8 Å². The van der Waals surface area contributed by atoms with Crippen LogP contribution in [0.25, 0.3) is 5.65 Å². The van der Waals surface area contributed by atoms with E-state index in [-0.39, 0.29) is 11.8 Å². The SMILES string of the molecule is O=C(NCCCN1CCCC1)C1CCN(c2nnc3ccc(Cl)cn23)CC1. The highest BCUT2D eigenvalue weighted by Crippen LogP contribution is 2.23. The number of nitrogens with zero attached hydrogens (tertiary/aromatic N) is 5. The molecule has 1 amide bonds. The summed E-state index contributed by atoms with van der Waals surface area (Å²) in [6, 6.07) is 3.68. The first-order chi connectivity index (χ1) is 13.2. The Morgan fingerprint density at radius 1 is 1.15 bits per heavy atom. The lowest BCUT2D eigenvalue weighted by Gasteiger charge is -2.31. The second kappa shape index (κ2) is 8.44. The third-order valence-electron chi connectivity index (χ3n) is 5.65. The minimum atomic E-state index is 0.0933. The van der Waals surface area contributed by atoms with Gasteiger partial charge in [-0.25, -0.2) is 0 Å². The maximum absolute atomic E-state index is 12.5. The van der Waals surface area contributed by atoms with Crippen molar-refractivity contribution in [2.45, 2.75) is 32.1 Å². The number of hydrogen-bond donors (Lipinski definition) is 1. The lowest BCUT2D eigenvalue weighted by atomic mass is 9.96. The van der Waals surface area contributed by atoms with Crippen LogP contribution in [0.1, 0.15) is 32.1 Å². The number of aromatic nitrogens is 3. The first-order valence-corrected chi connectivity index (χ1v) is 10.3. The molecule has 7 nitrogen and oxygen atoms in total. The summed E-state index contributed by atoms with van der Waals surface area (Å²) in [5, 5.41) is 12.3. The summed E-state index contributed by atoms with van der Waals surface area (Å²) in [7, 11) is 0. The molecule has 0 saturated carbocycles. The fourth-order valence-electron chi connectivity index (χ4n) is 4.07. The van der Waals surface area contributed by atoms with Crippen molar-refractivity contribution in [2.24, 2.45) is 5.92 Å². The maximum atomic E-state index is 12.5. The molecule has 2 aliphatic rings. The van der Waals surface area contributed by atoms with Gasteiger partial charge in [0.1, 0.15) is 0 Å². The Hall–Kier alpha value is -1.86. The summed E-state index contributed by atoms with van der Waals surface area (Å²) in [4.78, 5) is 17.1. The molecule has 2 aliphatic heterocycles. The highest BCUT2D eigenvalue weighted by molar-refractivity contribution is 6.30. The van der Waals surface area contributed by atoms with Crippen LogP contribution < -0.4 is 10.2 Å². The standard InChI is InChI=1S/C19H27ClN6O/c20-16-4-5-17-22-23-19(26(17)14-16)25-12-6-15(7-13-25)18(27)21-8-3-11-24-9-1-2-10-24/h4-5,14-15H,1-3,6-13H2,(H,21,27). The van der Waals surface area contributed by atoms with Crippen LogP contribution in [0.3, 0.4) is 0 Å². The van der Waals surface area contributed by atoms with Gasteiger partial charge in [0, 0.05) is 31.7 Å². The monoisotopic (exact) mass is 390 g/mol. The van der Waals surface area contributed by atoms with E-state index < -0.39 is 0 Å². The highest BCUT2D eigenvalue weighted by atomic mass is 35.5. The average molecular weight is 391 g/mol. The summed E-state index contributed by atoms with van der Waals surface area (Å²) >= 11 is 6.10. The zero-order valence-corrected chi connectivity index (χ0v) is 16.4. The minimum Gasteiger partial charge on any atom is -0.356 e. The second-order valence-electron chi connectivity index (χ2n) is 7.53. The highest BCUT2D eigenvalue weighted by Gasteiger charge is 2.27. The van der Waals surface area contributed by atoms with Crippen LogP contribution in [0.5, 0.6) is 0 Å². The number of halogens is 1. The average Bonchev–Trinajstić information content (AvgIpc) is 3.34. The number of carbonyl (C=O) groups excluding carboxylic acids is 1. The number of rotatable bonds is 6. The Labute approximate surface area is 164 Å². The van der Waals surface area contributed by atoms with Gasteiger partial charge in [-0.15, -0.1) is 10.2 Å². The number of amides is 1. The molecule has 146 valence electrons. The normalized spacial score (nSPS) is 19.1. The Kier molecular flexibility index (Phi) is 5.78. The Bertz CT molecular complexity index is 780. The van der Waals surface area contributed by atoms with E-state index in [4.69, 9.17) is 11.6 Å². The number of likely N-dealkylation sites (tertiary alicyclic amines) is 1. The van der Waals surface area contributed by atoms with Gasteiger partial charge in [-0.05, 0) is 63.9 Å². The summed E-state index contributed by atoms with van der Waals surface area (Å²) in [6.45, 7) is 5.92. The number of piperidine rings is 1. The molecule has 0 aliphatic carbocycles. The predicted molar refractivity (Wildman–Crippen MR) is 106 cm³/mol. The number of pyridine rings is 1. The van der Waals surface area contributed by atoms with Crippen molar-refractivity contribution >= 4 is 29.1 Å². The van der Waals surface area contributed by atoms with Crippen molar-refractivity contribution in [3.05, 3.63) is 23.4 Å². The van der Waals surface area contributed by atoms with Crippen LogP contribution in [0.15, 0.2) is 18.3 Å². The molecule has 2 saturated heterocycles. The zero-order valence-electron chi connectivity index (χ0n) is 15.6. The molecule has 0 unspecified atom stereocenters. The van der Waals surface area contributed by atoms with Gasteiger partial charge in [0.2, 0.25) is 11.9 Å². The number of hydrogen-bond acceptors (Lipinski definition) is 5. The van der Waals surface area contributed by atoms with E-state index in [0.29, 0.717) is 5.02 Å². The van der Waals surface area contributed by atoms with Gasteiger partial charge in [-0.3, -0.25) is 9.20 Å². The van der Waals surface area contributed by atoms with Gasteiger partial charge < -0.3 is 15.1 Å². The summed E-state index contributed by atoms with van der Waals surface area (Å²) in [5.74, 6) is 1.10. The van der Waals surface area contributed by atoms with E-state index >= 15 is 0 Å². The van der Waals surface area contributed by atoms with Crippen LogP contribution >= 0.6 is 11.6 Å². The minimum absolute atomic E-state index is 0.0933. The van der Waals surface area contributed by atoms with Gasteiger partial charge in [0.15, 0.2) is 5.65 Å². The van der Waals surface area contributed by atoms with Crippen LogP contribution in [0.2, 0.25) is 5.02 Å². The fourth-order valence-corrected chi connectivity index (χ4v) is 4.24.